The largest absolute Gasteiger partial charge is 0.333 e. The van der Waals surface area contributed by atoms with Crippen molar-refractivity contribution >= 4 is 36.6 Å². The molecule has 0 rings (SSSR count). The van der Waals surface area contributed by atoms with Gasteiger partial charge in [-0.3, -0.25) is 28.6 Å². The molecule has 25 heavy (non-hydrogen) atoms. The van der Waals surface area contributed by atoms with E-state index in [4.69, 9.17) is 11.0 Å². The van der Waals surface area contributed by atoms with Crippen molar-refractivity contribution < 1.29 is 27.3 Å². The van der Waals surface area contributed by atoms with Gasteiger partial charge in [0.25, 0.3) is 15.0 Å². The fourth-order valence-corrected chi connectivity index (χ4v) is 5.80. The van der Waals surface area contributed by atoms with Crippen molar-refractivity contribution in [2.24, 2.45) is 11.0 Å². The van der Waals surface area contributed by atoms with E-state index in [1.165, 1.54) is 0 Å². The van der Waals surface area contributed by atoms with Crippen molar-refractivity contribution in [3.05, 3.63) is 0 Å². The molecule has 0 spiro atoms. The third kappa shape index (κ3) is 9.38. The summed E-state index contributed by atoms with van der Waals surface area (Å²) in [5.74, 6) is 1.21. The molecule has 0 radical (unpaired) electrons. The molecule has 0 aromatic heterocycles. The van der Waals surface area contributed by atoms with Crippen LogP contribution in [0.5, 0.6) is 0 Å². The van der Waals surface area contributed by atoms with Crippen LogP contribution < -0.4 is 11.0 Å². The summed E-state index contributed by atoms with van der Waals surface area (Å²) in [6, 6.07) is 0. The summed E-state index contributed by atoms with van der Waals surface area (Å²) in [5, 5.41) is -1.98. The average Bonchev–Trinajstić information content (AvgIpc) is 2.40. The predicted molar refractivity (Wildman–Crippen MR) is 106 cm³/mol. The Labute approximate surface area is 155 Å². The van der Waals surface area contributed by atoms with Gasteiger partial charge in [-0.25, -0.2) is 0 Å². The van der Waals surface area contributed by atoms with Crippen LogP contribution >= 0.6 is 15.0 Å². The maximum Gasteiger partial charge on any atom is 0.270 e. The monoisotopic (exact) mass is 438 g/mol. The summed E-state index contributed by atoms with van der Waals surface area (Å²) in [6.07, 6.45) is 1.02. The lowest BCUT2D eigenvalue weighted by Gasteiger charge is -2.26. The van der Waals surface area contributed by atoms with E-state index < -0.39 is 47.0 Å². The highest BCUT2D eigenvalue weighted by Gasteiger charge is 2.36. The predicted octanol–water partition coefficient (Wildman–Crippen LogP) is 1.50. The summed E-state index contributed by atoms with van der Waals surface area (Å²) < 4.78 is 47.0. The summed E-state index contributed by atoms with van der Waals surface area (Å²) >= 11 is 0. The zero-order valence-electron chi connectivity index (χ0n) is 15.3. The number of rotatable bonds is 12. The summed E-state index contributed by atoms with van der Waals surface area (Å²) in [4.78, 5) is 18.9. The van der Waals surface area contributed by atoms with Gasteiger partial charge in [0.2, 0.25) is 0 Å². The van der Waals surface area contributed by atoms with E-state index >= 15 is 0 Å². The van der Waals surface area contributed by atoms with Crippen molar-refractivity contribution in [3.8, 4) is 0 Å². The molecule has 4 atom stereocenters. The summed E-state index contributed by atoms with van der Waals surface area (Å²) in [7, 11) is -9.84. The standard InChI is InChI=1S/C13H32N2O6P2S2/c1-12(2,22(14,16)17)6-10-24(20)8-5-9-25(21)11-7-13(3,4)23(15,18)19/h5-11H2,1-4H3,(H3,14,16,17)(H3,15,18,19). The summed E-state index contributed by atoms with van der Waals surface area (Å²) in [6.45, 7) is 6.27. The first-order chi connectivity index (χ1) is 11.0. The highest BCUT2D eigenvalue weighted by Crippen LogP contribution is 2.49. The highest BCUT2D eigenvalue weighted by molar-refractivity contribution is 7.85. The normalized spacial score (nSPS) is 20.5. The molecule has 12 heteroatoms. The number of hydrogen-bond acceptors (Lipinski definition) is 4. The first-order valence-corrected chi connectivity index (χ1v) is 14.4. The van der Waals surface area contributed by atoms with E-state index in [0.717, 1.165) is 0 Å². The molecule has 0 aromatic rings. The van der Waals surface area contributed by atoms with Gasteiger partial charge in [0.15, 0.2) is 0 Å². The van der Waals surface area contributed by atoms with Gasteiger partial charge in [-0.05, 0) is 47.0 Å². The molecule has 0 amide bonds. The van der Waals surface area contributed by atoms with E-state index in [2.05, 4.69) is 0 Å². The maximum atomic E-state index is 12.0. The third-order valence-corrected chi connectivity index (χ3v) is 11.1. The topological polar surface area (TPSA) is 161 Å². The molecule has 8 nitrogen and oxygen atoms in total. The molecule has 6 N–H and O–H groups in total. The van der Waals surface area contributed by atoms with Crippen LogP contribution in [-0.4, -0.2) is 51.5 Å². The fraction of sp³-hybridized carbons (Fsp3) is 1.00. The molecule has 4 unspecified atom stereocenters. The summed E-state index contributed by atoms with van der Waals surface area (Å²) in [5.41, 5.74) is 10.5. The molecular formula is C13H32N2O6P2S2. The molecule has 152 valence electrons. The highest BCUT2D eigenvalue weighted by atomic mass is 32.2. The van der Waals surface area contributed by atoms with Gasteiger partial charge >= 0.3 is 0 Å². The van der Waals surface area contributed by atoms with Crippen LogP contribution in [0.15, 0.2) is 0 Å². The second-order valence-electron chi connectivity index (χ2n) is 7.42. The molecule has 0 saturated carbocycles. The Kier molecular flexibility index (Phi) is 9.92. The molecule has 0 fully saturated rings. The van der Waals surface area contributed by atoms with E-state index in [1.807, 2.05) is 0 Å². The molecule has 0 heterocycles. The van der Waals surface area contributed by atoms with Gasteiger partial charge < -0.3 is 9.79 Å². The molecular weight excluding hydrogens is 406 g/mol. The smallest absolute Gasteiger partial charge is 0.270 e. The quantitative estimate of drug-likeness (QED) is 0.333. The van der Waals surface area contributed by atoms with Gasteiger partial charge in [-0.2, -0.15) is 0 Å². The zero-order valence-corrected chi connectivity index (χ0v) is 18.8. The minimum Gasteiger partial charge on any atom is -0.333 e. The second-order valence-corrected chi connectivity index (χ2v) is 15.7. The van der Waals surface area contributed by atoms with Crippen LogP contribution in [0.1, 0.15) is 47.0 Å². The lowest BCUT2D eigenvalue weighted by molar-refractivity contribution is 0.433. The van der Waals surface area contributed by atoms with E-state index in [9.17, 15) is 27.3 Å². The van der Waals surface area contributed by atoms with Crippen molar-refractivity contribution in [3.63, 3.8) is 0 Å². The minimum absolute atomic E-state index is 0.259. The first kappa shape index (κ1) is 25.6. The Hall–Kier alpha value is 0.600. The van der Waals surface area contributed by atoms with Crippen LogP contribution in [0.2, 0.25) is 0 Å². The van der Waals surface area contributed by atoms with Crippen LogP contribution in [0.3, 0.4) is 0 Å². The molecule has 0 aliphatic heterocycles. The molecule has 0 bridgehead atoms. The molecule has 0 aliphatic carbocycles. The van der Waals surface area contributed by atoms with Crippen LogP contribution in [0, 0.1) is 0 Å². The molecule has 0 aliphatic rings. The van der Waals surface area contributed by atoms with Crippen molar-refractivity contribution in [2.75, 3.05) is 23.0 Å². The van der Waals surface area contributed by atoms with E-state index in [0.29, 0.717) is 17.9 Å². The fourth-order valence-electron chi connectivity index (χ4n) is 1.63. The Balaban J connectivity index is 4.16. The third-order valence-electron chi connectivity index (χ3n) is 4.36. The molecule has 0 aromatic carbocycles. The van der Waals surface area contributed by atoms with Gasteiger partial charge in [0.1, 0.15) is 0 Å². The lowest BCUT2D eigenvalue weighted by atomic mass is 10.1. The van der Waals surface area contributed by atoms with Gasteiger partial charge in [0, 0.05) is 44.6 Å². The first-order valence-electron chi connectivity index (χ1n) is 7.92. The van der Waals surface area contributed by atoms with Crippen molar-refractivity contribution in [1.29, 1.82) is 0 Å². The Morgan fingerprint density at radius 2 is 1.04 bits per heavy atom. The maximum absolute atomic E-state index is 12.0. The Morgan fingerprint density at radius 1 is 0.760 bits per heavy atom. The van der Waals surface area contributed by atoms with Crippen LogP contribution in [0.4, 0.5) is 0 Å². The van der Waals surface area contributed by atoms with Gasteiger partial charge in [0.05, 0.1) is 10.3 Å². The number of nitrogens with two attached hydrogens (primary N) is 2. The second kappa shape index (κ2) is 9.69. The SMILES string of the molecule is CC(C)(CCS(=O)CCCS(=O)CCC(C)(C)P(N)(=O)O)P(N)(=O)O. The van der Waals surface area contributed by atoms with Crippen LogP contribution in [-0.2, 0) is 30.7 Å². The Morgan fingerprint density at radius 3 is 1.28 bits per heavy atom. The van der Waals surface area contributed by atoms with Crippen molar-refractivity contribution in [2.45, 2.75) is 57.3 Å². The minimum atomic E-state index is -3.74. The lowest BCUT2D eigenvalue weighted by Crippen LogP contribution is -2.27. The van der Waals surface area contributed by atoms with Crippen molar-refractivity contribution in [1.82, 2.24) is 0 Å². The van der Waals surface area contributed by atoms with Gasteiger partial charge in [-0.15, -0.1) is 0 Å². The van der Waals surface area contributed by atoms with E-state index in [-0.39, 0.29) is 24.3 Å². The number of hydrogen-bond donors (Lipinski definition) is 4. The zero-order chi connectivity index (χ0) is 20.1. The van der Waals surface area contributed by atoms with E-state index in [1.54, 1.807) is 27.7 Å². The van der Waals surface area contributed by atoms with Gasteiger partial charge in [-0.1, -0.05) is 0 Å². The van der Waals surface area contributed by atoms with Crippen LogP contribution in [0.25, 0.3) is 0 Å². The molecule has 0 saturated heterocycles. The Bertz CT molecular complexity index is 535. The average molecular weight is 438 g/mol.